The molecule has 1 aromatic heterocycles. The first-order valence-electron chi connectivity index (χ1n) is 7.37. The van der Waals surface area contributed by atoms with E-state index < -0.39 is 17.5 Å². The second kappa shape index (κ2) is 6.76. The third-order valence-corrected chi connectivity index (χ3v) is 3.70. The summed E-state index contributed by atoms with van der Waals surface area (Å²) in [5.74, 6) is -1.07. The van der Waals surface area contributed by atoms with Gasteiger partial charge in [0.05, 0.1) is 0 Å². The summed E-state index contributed by atoms with van der Waals surface area (Å²) in [6.45, 7) is 5.02. The highest BCUT2D eigenvalue weighted by Gasteiger charge is 2.22. The van der Waals surface area contributed by atoms with Crippen molar-refractivity contribution in [3.8, 4) is 0 Å². The van der Waals surface area contributed by atoms with Crippen LogP contribution in [0.1, 0.15) is 31.1 Å². The predicted octanol–water partition coefficient (Wildman–Crippen LogP) is 2.70. The molecule has 0 aliphatic carbocycles. The zero-order valence-corrected chi connectivity index (χ0v) is 15.6. The summed E-state index contributed by atoms with van der Waals surface area (Å²) >= 11 is 3.31. The summed E-state index contributed by atoms with van der Waals surface area (Å²) in [7, 11) is 1.46. The fourth-order valence-corrected chi connectivity index (χ4v) is 2.56. The number of nitrogens with zero attached hydrogens (tertiary/aromatic N) is 1. The second-order valence-corrected chi connectivity index (χ2v) is 7.38. The number of fused-ring (bicyclic) bond motifs is 1. The van der Waals surface area contributed by atoms with Gasteiger partial charge in [0.25, 0.3) is 5.91 Å². The summed E-state index contributed by atoms with van der Waals surface area (Å²) in [4.78, 5) is 41.0. The topological polar surface area (TPSA) is 79.5 Å². The van der Waals surface area contributed by atoms with Crippen LogP contribution in [0.2, 0.25) is 0 Å². The van der Waals surface area contributed by atoms with Crippen molar-refractivity contribution in [2.24, 2.45) is 0 Å². The Kier molecular flexibility index (Phi) is 5.13. The van der Waals surface area contributed by atoms with Gasteiger partial charge in [0, 0.05) is 28.6 Å². The fraction of sp³-hybridized carbons (Fsp3) is 0.353. The Balaban J connectivity index is 2.26. The Hall–Kier alpha value is -2.15. The standard InChI is InChI=1S/C17H19BrN2O4/c1-17(2,3)24-14(21)9-20(4)16(23)12-8-19-13-6-5-10(18)7-11(13)15(12)22/h5-8H,9H2,1-4H3,(H,19,22). The molecule has 2 rings (SSSR count). The second-order valence-electron chi connectivity index (χ2n) is 6.47. The van der Waals surface area contributed by atoms with Crippen molar-refractivity contribution in [2.75, 3.05) is 13.6 Å². The van der Waals surface area contributed by atoms with E-state index in [0.29, 0.717) is 10.9 Å². The SMILES string of the molecule is CN(CC(=O)OC(C)(C)C)C(=O)c1c[nH]c2ccc(Br)cc2c1=O. The first-order valence-corrected chi connectivity index (χ1v) is 8.16. The highest BCUT2D eigenvalue weighted by Crippen LogP contribution is 2.16. The van der Waals surface area contributed by atoms with Crippen molar-refractivity contribution in [2.45, 2.75) is 26.4 Å². The van der Waals surface area contributed by atoms with Gasteiger partial charge in [-0.2, -0.15) is 0 Å². The van der Waals surface area contributed by atoms with Gasteiger partial charge in [-0.25, -0.2) is 0 Å². The number of carbonyl (C=O) groups is 2. The van der Waals surface area contributed by atoms with Gasteiger partial charge in [-0.05, 0) is 39.0 Å². The smallest absolute Gasteiger partial charge is 0.326 e. The molecular formula is C17H19BrN2O4. The third-order valence-electron chi connectivity index (χ3n) is 3.21. The van der Waals surface area contributed by atoms with Crippen LogP contribution in [0.5, 0.6) is 0 Å². The van der Waals surface area contributed by atoms with Crippen molar-refractivity contribution in [3.05, 3.63) is 44.7 Å². The third kappa shape index (κ3) is 4.23. The maximum Gasteiger partial charge on any atom is 0.326 e. The van der Waals surface area contributed by atoms with Gasteiger partial charge in [-0.1, -0.05) is 15.9 Å². The van der Waals surface area contributed by atoms with Crippen LogP contribution in [0.4, 0.5) is 0 Å². The van der Waals surface area contributed by atoms with Crippen LogP contribution in [0.15, 0.2) is 33.7 Å². The molecular weight excluding hydrogens is 376 g/mol. The van der Waals surface area contributed by atoms with E-state index in [1.165, 1.54) is 18.1 Å². The van der Waals surface area contributed by atoms with Gasteiger partial charge in [0.1, 0.15) is 17.7 Å². The monoisotopic (exact) mass is 394 g/mol. The number of benzene rings is 1. The lowest BCUT2D eigenvalue weighted by molar-refractivity contribution is -0.155. The van der Waals surface area contributed by atoms with Gasteiger partial charge in [0.2, 0.25) is 5.43 Å². The van der Waals surface area contributed by atoms with Gasteiger partial charge in [-0.15, -0.1) is 0 Å². The number of hydrogen-bond donors (Lipinski definition) is 1. The largest absolute Gasteiger partial charge is 0.459 e. The Morgan fingerprint density at radius 3 is 2.58 bits per heavy atom. The minimum absolute atomic E-state index is 0.0216. The average molecular weight is 395 g/mol. The van der Waals surface area contributed by atoms with Crippen LogP contribution >= 0.6 is 15.9 Å². The highest BCUT2D eigenvalue weighted by molar-refractivity contribution is 9.10. The molecule has 128 valence electrons. The molecule has 0 bridgehead atoms. The lowest BCUT2D eigenvalue weighted by Crippen LogP contribution is -2.38. The average Bonchev–Trinajstić information content (AvgIpc) is 2.45. The normalized spacial score (nSPS) is 11.4. The number of amides is 1. The number of pyridine rings is 1. The van der Waals surface area contributed by atoms with E-state index >= 15 is 0 Å². The number of likely N-dealkylation sites (N-methyl/N-ethyl adjacent to an activating group) is 1. The van der Waals surface area contributed by atoms with Gasteiger partial charge in [0.15, 0.2) is 0 Å². The summed E-state index contributed by atoms with van der Waals surface area (Å²) in [5.41, 5.74) is -0.402. The lowest BCUT2D eigenvalue weighted by atomic mass is 10.1. The number of carbonyl (C=O) groups excluding carboxylic acids is 2. The molecule has 0 saturated carbocycles. The zero-order valence-electron chi connectivity index (χ0n) is 14.0. The van der Waals surface area contributed by atoms with Crippen LogP contribution in [0.3, 0.4) is 0 Å². The van der Waals surface area contributed by atoms with Crippen molar-refractivity contribution in [1.82, 2.24) is 9.88 Å². The molecule has 0 fully saturated rings. The van der Waals surface area contributed by atoms with Crippen LogP contribution in [0.25, 0.3) is 10.9 Å². The Morgan fingerprint density at radius 2 is 1.96 bits per heavy atom. The van der Waals surface area contributed by atoms with Gasteiger partial charge in [-0.3, -0.25) is 14.4 Å². The molecule has 2 aromatic rings. The number of ether oxygens (including phenoxy) is 1. The van der Waals surface area contributed by atoms with E-state index in [0.717, 1.165) is 4.47 Å². The van der Waals surface area contributed by atoms with Gasteiger partial charge >= 0.3 is 5.97 Å². The van der Waals surface area contributed by atoms with Crippen LogP contribution < -0.4 is 5.43 Å². The molecule has 6 nitrogen and oxygen atoms in total. The molecule has 0 spiro atoms. The molecule has 1 amide bonds. The summed E-state index contributed by atoms with van der Waals surface area (Å²) in [6, 6.07) is 5.20. The van der Waals surface area contributed by atoms with Crippen molar-refractivity contribution >= 4 is 38.7 Å². The molecule has 0 aliphatic heterocycles. The Labute approximate surface area is 147 Å². The van der Waals surface area contributed by atoms with Crippen LogP contribution in [0, 0.1) is 0 Å². The molecule has 7 heteroatoms. The maximum absolute atomic E-state index is 12.5. The fourth-order valence-electron chi connectivity index (χ4n) is 2.19. The number of aromatic nitrogens is 1. The van der Waals surface area contributed by atoms with Crippen molar-refractivity contribution in [3.63, 3.8) is 0 Å². The number of esters is 1. The minimum Gasteiger partial charge on any atom is -0.459 e. The molecule has 0 saturated heterocycles. The number of aromatic amines is 1. The van der Waals surface area contributed by atoms with E-state index in [1.807, 2.05) is 0 Å². The number of H-pyrrole nitrogens is 1. The number of halogens is 1. The first kappa shape index (κ1) is 18.2. The van der Waals surface area contributed by atoms with E-state index in [4.69, 9.17) is 4.74 Å². The quantitative estimate of drug-likeness (QED) is 0.811. The van der Waals surface area contributed by atoms with E-state index in [-0.39, 0.29) is 17.5 Å². The number of rotatable bonds is 3. The van der Waals surface area contributed by atoms with Crippen molar-refractivity contribution < 1.29 is 14.3 Å². The summed E-state index contributed by atoms with van der Waals surface area (Å²) < 4.78 is 5.93. The Bertz CT molecular complexity index is 852. The number of hydrogen-bond acceptors (Lipinski definition) is 4. The summed E-state index contributed by atoms with van der Waals surface area (Å²) in [6.07, 6.45) is 1.37. The molecule has 0 atom stereocenters. The molecule has 1 N–H and O–H groups in total. The van der Waals surface area contributed by atoms with Crippen molar-refractivity contribution in [1.29, 1.82) is 0 Å². The van der Waals surface area contributed by atoms with Gasteiger partial charge < -0.3 is 14.6 Å². The molecule has 0 radical (unpaired) electrons. The molecule has 1 aromatic carbocycles. The molecule has 24 heavy (non-hydrogen) atoms. The predicted molar refractivity (Wildman–Crippen MR) is 95.1 cm³/mol. The lowest BCUT2D eigenvalue weighted by Gasteiger charge is -2.22. The van der Waals surface area contributed by atoms with E-state index in [2.05, 4.69) is 20.9 Å². The Morgan fingerprint density at radius 1 is 1.29 bits per heavy atom. The van der Waals surface area contributed by atoms with Crippen LogP contribution in [-0.4, -0.2) is 41.0 Å². The highest BCUT2D eigenvalue weighted by atomic mass is 79.9. The zero-order chi connectivity index (χ0) is 18.1. The minimum atomic E-state index is -0.631. The van der Waals surface area contributed by atoms with Crippen LogP contribution in [-0.2, 0) is 9.53 Å². The molecule has 0 unspecified atom stereocenters. The molecule has 0 aliphatic rings. The van der Waals surface area contributed by atoms with E-state index in [9.17, 15) is 14.4 Å². The first-order chi connectivity index (χ1) is 11.1. The van der Waals surface area contributed by atoms with E-state index in [1.54, 1.807) is 39.0 Å². The molecule has 1 heterocycles. The number of nitrogens with one attached hydrogen (secondary N) is 1. The maximum atomic E-state index is 12.5. The summed E-state index contributed by atoms with van der Waals surface area (Å²) in [5, 5.41) is 0.404.